The van der Waals surface area contributed by atoms with E-state index < -0.39 is 5.44 Å². The maximum atomic E-state index is 10.0. The van der Waals surface area contributed by atoms with Crippen LogP contribution < -0.4 is 10.6 Å². The van der Waals surface area contributed by atoms with E-state index in [9.17, 15) is 10.5 Å². The average Bonchev–Trinajstić information content (AvgIpc) is 3.38. The number of nitrogens with one attached hydrogen (secondary N) is 2. The SMILES string of the molecule is [B]C(Nc1cc(C#N)c2ncc(C#N)c(NCC(C)(C)C)c2c1)(c1cn(C(C)(C)C)nn1)c1ccccc1Cl. The lowest BCUT2D eigenvalue weighted by Crippen LogP contribution is -2.38. The average molecular weight is 537 g/mol. The number of rotatable bonds is 6. The van der Waals surface area contributed by atoms with Crippen LogP contribution in [0.1, 0.15) is 63.9 Å². The van der Waals surface area contributed by atoms with Gasteiger partial charge in [0.2, 0.25) is 0 Å². The van der Waals surface area contributed by atoms with E-state index >= 15 is 0 Å². The summed E-state index contributed by atoms with van der Waals surface area (Å²) < 4.78 is 1.74. The second-order valence-corrected chi connectivity index (χ2v) is 12.1. The topological polar surface area (TPSA) is 115 Å². The molecule has 0 aliphatic rings. The van der Waals surface area contributed by atoms with Crippen LogP contribution in [0.3, 0.4) is 0 Å². The Morgan fingerprint density at radius 1 is 1.03 bits per heavy atom. The molecule has 2 N–H and O–H groups in total. The standard InChI is InChI=1S/C29H30BClN8/c1-27(2,3)17-35-26-19(14-33)15-34-25-18(13-32)11-20(12-21(25)26)36-29(30,22-9-7-8-10-23(22)31)24-16-39(38-37-24)28(4,5)6/h7-12,15-16,36H,17H2,1-6H3,(H,34,35). The van der Waals surface area contributed by atoms with Crippen LogP contribution in [0.5, 0.6) is 0 Å². The van der Waals surface area contributed by atoms with E-state index in [1.165, 1.54) is 6.20 Å². The first-order valence-corrected chi connectivity index (χ1v) is 12.9. The van der Waals surface area contributed by atoms with Gasteiger partial charge in [0, 0.05) is 28.8 Å². The van der Waals surface area contributed by atoms with Gasteiger partial charge in [0.05, 0.1) is 39.5 Å². The summed E-state index contributed by atoms with van der Waals surface area (Å²) in [4.78, 5) is 4.44. The van der Waals surface area contributed by atoms with Gasteiger partial charge in [-0.3, -0.25) is 4.98 Å². The van der Waals surface area contributed by atoms with Gasteiger partial charge in [0.1, 0.15) is 25.7 Å². The summed E-state index contributed by atoms with van der Waals surface area (Å²) in [6.45, 7) is 12.9. The van der Waals surface area contributed by atoms with Gasteiger partial charge in [-0.2, -0.15) is 10.5 Å². The van der Waals surface area contributed by atoms with E-state index in [1.807, 2.05) is 45.0 Å². The van der Waals surface area contributed by atoms with E-state index in [-0.39, 0.29) is 11.0 Å². The molecule has 2 radical (unpaired) electrons. The highest BCUT2D eigenvalue weighted by atomic mass is 35.5. The smallest absolute Gasteiger partial charge is 0.119 e. The quantitative estimate of drug-likeness (QED) is 0.294. The maximum Gasteiger partial charge on any atom is 0.119 e. The Balaban J connectivity index is 1.93. The number of benzene rings is 2. The molecule has 8 nitrogen and oxygen atoms in total. The van der Waals surface area contributed by atoms with Crippen LogP contribution in [0, 0.1) is 28.1 Å². The van der Waals surface area contributed by atoms with Crippen LogP contribution in [0.15, 0.2) is 48.8 Å². The van der Waals surface area contributed by atoms with Gasteiger partial charge < -0.3 is 10.6 Å². The number of aromatic nitrogens is 4. The van der Waals surface area contributed by atoms with Crippen molar-refractivity contribution in [3.8, 4) is 12.1 Å². The number of nitriles is 2. The Labute approximate surface area is 235 Å². The largest absolute Gasteiger partial charge is 0.383 e. The molecule has 2 aromatic carbocycles. The maximum absolute atomic E-state index is 10.0. The number of fused-ring (bicyclic) bond motifs is 1. The van der Waals surface area contributed by atoms with Crippen LogP contribution in [-0.4, -0.2) is 34.4 Å². The first-order chi connectivity index (χ1) is 18.3. The Morgan fingerprint density at radius 3 is 2.31 bits per heavy atom. The van der Waals surface area contributed by atoms with E-state index in [0.717, 1.165) is 0 Å². The lowest BCUT2D eigenvalue weighted by molar-refractivity contribution is 0.347. The molecule has 0 amide bonds. The molecule has 0 spiro atoms. The fourth-order valence-electron chi connectivity index (χ4n) is 4.14. The highest BCUT2D eigenvalue weighted by molar-refractivity contribution is 6.33. The van der Waals surface area contributed by atoms with E-state index in [1.54, 1.807) is 23.0 Å². The molecule has 4 rings (SSSR count). The molecule has 0 saturated heterocycles. The van der Waals surface area contributed by atoms with Crippen molar-refractivity contribution in [1.82, 2.24) is 20.0 Å². The summed E-state index contributed by atoms with van der Waals surface area (Å²) in [5, 5.41) is 36.4. The number of hydrogen-bond acceptors (Lipinski definition) is 7. The third kappa shape index (κ3) is 5.69. The molecule has 0 fully saturated rings. The highest BCUT2D eigenvalue weighted by Gasteiger charge is 2.34. The Morgan fingerprint density at radius 2 is 1.72 bits per heavy atom. The van der Waals surface area contributed by atoms with Crippen molar-refractivity contribution in [3.63, 3.8) is 0 Å². The number of nitrogens with zero attached hydrogens (tertiary/aromatic N) is 6. The van der Waals surface area contributed by atoms with Crippen molar-refractivity contribution in [2.45, 2.75) is 52.5 Å². The molecule has 2 heterocycles. The lowest BCUT2D eigenvalue weighted by Gasteiger charge is -2.32. The second-order valence-electron chi connectivity index (χ2n) is 11.7. The third-order valence-corrected chi connectivity index (χ3v) is 6.56. The van der Waals surface area contributed by atoms with Crippen LogP contribution >= 0.6 is 11.6 Å². The predicted octanol–water partition coefficient (Wildman–Crippen LogP) is 5.92. The number of halogens is 1. The second kappa shape index (κ2) is 10.2. The van der Waals surface area contributed by atoms with Crippen LogP contribution in [0.2, 0.25) is 5.02 Å². The van der Waals surface area contributed by atoms with Crippen molar-refractivity contribution in [2.24, 2.45) is 5.41 Å². The minimum absolute atomic E-state index is 0.0500. The van der Waals surface area contributed by atoms with Crippen LogP contribution in [0.4, 0.5) is 11.4 Å². The number of hydrogen-bond donors (Lipinski definition) is 2. The summed E-state index contributed by atoms with van der Waals surface area (Å²) in [5.41, 5.74) is 1.59. The lowest BCUT2D eigenvalue weighted by atomic mass is 9.69. The van der Waals surface area contributed by atoms with Gasteiger partial charge in [0.15, 0.2) is 0 Å². The molecule has 0 saturated carbocycles. The molecular weight excluding hydrogens is 507 g/mol. The van der Waals surface area contributed by atoms with Crippen molar-refractivity contribution in [3.05, 3.63) is 76.2 Å². The summed E-state index contributed by atoms with van der Waals surface area (Å²) in [5.74, 6) is 0. The summed E-state index contributed by atoms with van der Waals surface area (Å²) in [6.07, 6.45) is 3.28. The van der Waals surface area contributed by atoms with Gasteiger partial charge in [-0.15, -0.1) is 5.10 Å². The number of pyridine rings is 1. The van der Waals surface area contributed by atoms with Crippen LogP contribution in [0.25, 0.3) is 10.9 Å². The third-order valence-electron chi connectivity index (χ3n) is 6.23. The molecular formula is C29H30BClN8. The van der Waals surface area contributed by atoms with E-state index in [2.05, 4.69) is 58.8 Å². The van der Waals surface area contributed by atoms with Gasteiger partial charge >= 0.3 is 0 Å². The monoisotopic (exact) mass is 536 g/mol. The van der Waals surface area contributed by atoms with Crippen LogP contribution in [-0.2, 0) is 11.0 Å². The summed E-state index contributed by atoms with van der Waals surface area (Å²) in [6, 6.07) is 15.2. The van der Waals surface area contributed by atoms with Gasteiger partial charge in [-0.1, -0.05) is 55.8 Å². The molecule has 4 aromatic rings. The molecule has 2 aromatic heterocycles. The van der Waals surface area contributed by atoms with Crippen molar-refractivity contribution in [2.75, 3.05) is 17.2 Å². The normalized spacial score (nSPS) is 13.4. The van der Waals surface area contributed by atoms with Crippen molar-refractivity contribution < 1.29 is 0 Å². The fourth-order valence-corrected chi connectivity index (χ4v) is 4.42. The summed E-state index contributed by atoms with van der Waals surface area (Å²) >= 11 is 6.64. The fraction of sp³-hybridized carbons (Fsp3) is 0.345. The van der Waals surface area contributed by atoms with Gasteiger partial charge in [-0.25, -0.2) is 4.68 Å². The summed E-state index contributed by atoms with van der Waals surface area (Å²) in [7, 11) is 7.10. The zero-order valence-electron chi connectivity index (χ0n) is 23.0. The van der Waals surface area contributed by atoms with Gasteiger partial charge in [0.25, 0.3) is 0 Å². The Kier molecular flexibility index (Phi) is 7.34. The van der Waals surface area contributed by atoms with Crippen molar-refractivity contribution >= 4 is 41.7 Å². The first-order valence-electron chi connectivity index (χ1n) is 12.5. The highest BCUT2D eigenvalue weighted by Crippen LogP contribution is 2.37. The predicted molar refractivity (Wildman–Crippen MR) is 156 cm³/mol. The molecule has 1 atom stereocenters. The molecule has 39 heavy (non-hydrogen) atoms. The van der Waals surface area contributed by atoms with Gasteiger partial charge in [-0.05, 0) is 49.9 Å². The molecule has 0 aliphatic carbocycles. The zero-order chi connectivity index (χ0) is 28.6. The minimum atomic E-state index is -1.40. The zero-order valence-corrected chi connectivity index (χ0v) is 23.7. The van der Waals surface area contributed by atoms with Crippen molar-refractivity contribution in [1.29, 1.82) is 10.5 Å². The molecule has 0 bridgehead atoms. The molecule has 10 heteroatoms. The molecule has 196 valence electrons. The number of anilines is 2. The Hall–Kier alpha value is -4.08. The molecule has 0 aliphatic heterocycles. The first kappa shape index (κ1) is 27.9. The van der Waals surface area contributed by atoms with E-state index in [0.29, 0.717) is 56.2 Å². The minimum Gasteiger partial charge on any atom is -0.383 e. The van der Waals surface area contributed by atoms with E-state index in [4.69, 9.17) is 19.4 Å². The molecule has 1 unspecified atom stereocenters. The Bertz CT molecular complexity index is 1620.